The number of nitrogens with one attached hydrogen (secondary N) is 1. The third-order valence-electron chi connectivity index (χ3n) is 2.67. The second kappa shape index (κ2) is 3.73. The minimum atomic E-state index is 0.484. The molecule has 12 heavy (non-hydrogen) atoms. The molecule has 0 aromatic rings. The van der Waals surface area contributed by atoms with E-state index in [9.17, 15) is 0 Å². The zero-order chi connectivity index (χ0) is 8.39. The second-order valence-corrected chi connectivity index (χ2v) is 3.95. The first-order valence-corrected chi connectivity index (χ1v) is 4.89. The van der Waals surface area contributed by atoms with Crippen molar-refractivity contribution in [1.82, 2.24) is 10.2 Å². The summed E-state index contributed by atoms with van der Waals surface area (Å²) in [5, 5.41) is 3.36. The predicted octanol–water partition coefficient (Wildman–Crippen LogP) is 0.0690. The average molecular weight is 170 g/mol. The molecular weight excluding hydrogens is 152 g/mol. The maximum Gasteiger partial charge on any atom is 0.0832 e. The summed E-state index contributed by atoms with van der Waals surface area (Å²) in [5.41, 5.74) is 0. The Morgan fingerprint density at radius 3 is 2.75 bits per heavy atom. The molecule has 70 valence electrons. The summed E-state index contributed by atoms with van der Waals surface area (Å²) in [7, 11) is 2.14. The Bertz CT molecular complexity index is 139. The molecule has 0 spiro atoms. The van der Waals surface area contributed by atoms with Crippen LogP contribution in [0.1, 0.15) is 12.8 Å². The third kappa shape index (κ3) is 1.97. The van der Waals surface area contributed by atoms with Gasteiger partial charge in [0.1, 0.15) is 0 Å². The summed E-state index contributed by atoms with van der Waals surface area (Å²) in [4.78, 5) is 2.29. The van der Waals surface area contributed by atoms with Gasteiger partial charge in [-0.1, -0.05) is 0 Å². The molecule has 0 aromatic heterocycles. The van der Waals surface area contributed by atoms with Gasteiger partial charge in [0, 0.05) is 19.6 Å². The van der Waals surface area contributed by atoms with Gasteiger partial charge in [-0.15, -0.1) is 0 Å². The molecule has 0 aromatic carbocycles. The molecule has 3 heteroatoms. The molecule has 0 radical (unpaired) electrons. The van der Waals surface area contributed by atoms with Crippen LogP contribution in [0.4, 0.5) is 0 Å². The van der Waals surface area contributed by atoms with Crippen LogP contribution in [0, 0.1) is 0 Å². The van der Waals surface area contributed by atoms with Crippen LogP contribution in [0.5, 0.6) is 0 Å². The largest absolute Gasteiger partial charge is 0.371 e. The van der Waals surface area contributed by atoms with E-state index >= 15 is 0 Å². The first-order valence-electron chi connectivity index (χ1n) is 4.89. The van der Waals surface area contributed by atoms with Gasteiger partial charge >= 0.3 is 0 Å². The van der Waals surface area contributed by atoms with Crippen molar-refractivity contribution in [2.45, 2.75) is 25.0 Å². The van der Waals surface area contributed by atoms with Gasteiger partial charge in [-0.25, -0.2) is 0 Å². The number of likely N-dealkylation sites (N-methyl/N-ethyl adjacent to an activating group) is 1. The first kappa shape index (κ1) is 8.48. The third-order valence-corrected chi connectivity index (χ3v) is 2.67. The van der Waals surface area contributed by atoms with Crippen LogP contribution in [0.2, 0.25) is 0 Å². The summed E-state index contributed by atoms with van der Waals surface area (Å²) < 4.78 is 5.89. The van der Waals surface area contributed by atoms with E-state index in [-0.39, 0.29) is 0 Å². The van der Waals surface area contributed by atoms with Crippen molar-refractivity contribution in [3.63, 3.8) is 0 Å². The van der Waals surface area contributed by atoms with E-state index in [2.05, 4.69) is 17.3 Å². The maximum atomic E-state index is 5.89. The van der Waals surface area contributed by atoms with Gasteiger partial charge in [0.15, 0.2) is 0 Å². The number of likely N-dealkylation sites (tertiary alicyclic amines) is 1. The van der Waals surface area contributed by atoms with Crippen LogP contribution in [0.3, 0.4) is 0 Å². The Hall–Kier alpha value is -0.120. The molecule has 0 amide bonds. The number of piperidine rings is 1. The van der Waals surface area contributed by atoms with Crippen molar-refractivity contribution in [3.8, 4) is 0 Å². The highest BCUT2D eigenvalue weighted by Gasteiger charge is 2.27. The molecule has 0 saturated carbocycles. The summed E-state index contributed by atoms with van der Waals surface area (Å²) in [6, 6.07) is 0. The predicted molar refractivity (Wildman–Crippen MR) is 48.3 cm³/mol. The number of rotatable bonds is 2. The molecule has 2 aliphatic heterocycles. The van der Waals surface area contributed by atoms with Crippen LogP contribution >= 0.6 is 0 Å². The van der Waals surface area contributed by atoms with E-state index in [4.69, 9.17) is 4.74 Å². The molecule has 1 N–H and O–H groups in total. The average Bonchev–Trinajstić information content (AvgIpc) is 2.04. The molecule has 2 aliphatic rings. The number of ether oxygens (including phenoxy) is 1. The lowest BCUT2D eigenvalue weighted by atomic mass is 10.1. The molecule has 0 aliphatic carbocycles. The van der Waals surface area contributed by atoms with Gasteiger partial charge < -0.3 is 15.0 Å². The topological polar surface area (TPSA) is 24.5 Å². The molecule has 1 atom stereocenters. The molecule has 1 unspecified atom stereocenters. The van der Waals surface area contributed by atoms with E-state index in [0.29, 0.717) is 12.2 Å². The van der Waals surface area contributed by atoms with Crippen LogP contribution in [0.25, 0.3) is 0 Å². The van der Waals surface area contributed by atoms with Crippen molar-refractivity contribution in [2.24, 2.45) is 0 Å². The smallest absolute Gasteiger partial charge is 0.0832 e. The Balaban J connectivity index is 1.65. The zero-order valence-electron chi connectivity index (χ0n) is 7.75. The van der Waals surface area contributed by atoms with Gasteiger partial charge in [0.25, 0.3) is 0 Å². The summed E-state index contributed by atoms with van der Waals surface area (Å²) in [6.45, 7) is 4.47. The first-order chi connectivity index (χ1) is 5.84. The van der Waals surface area contributed by atoms with Crippen LogP contribution < -0.4 is 5.32 Å². The molecule has 2 fully saturated rings. The fraction of sp³-hybridized carbons (Fsp3) is 1.00. The van der Waals surface area contributed by atoms with Crippen molar-refractivity contribution in [1.29, 1.82) is 0 Å². The van der Waals surface area contributed by atoms with E-state index in [1.54, 1.807) is 0 Å². The SMILES string of the molecule is CN1CC(OC2CCCNC2)C1. The highest BCUT2D eigenvalue weighted by Crippen LogP contribution is 2.14. The van der Waals surface area contributed by atoms with Gasteiger partial charge in [0.05, 0.1) is 12.2 Å². The van der Waals surface area contributed by atoms with Crippen molar-refractivity contribution in [3.05, 3.63) is 0 Å². The number of nitrogens with zero attached hydrogens (tertiary/aromatic N) is 1. The summed E-state index contributed by atoms with van der Waals surface area (Å²) in [5.74, 6) is 0. The normalized spacial score (nSPS) is 33.2. The highest BCUT2D eigenvalue weighted by molar-refractivity contribution is 4.80. The highest BCUT2D eigenvalue weighted by atomic mass is 16.5. The second-order valence-electron chi connectivity index (χ2n) is 3.95. The Morgan fingerprint density at radius 2 is 2.17 bits per heavy atom. The molecular formula is C9H18N2O. The van der Waals surface area contributed by atoms with Gasteiger partial charge in [-0.05, 0) is 26.4 Å². The fourth-order valence-electron chi connectivity index (χ4n) is 1.94. The molecule has 3 nitrogen and oxygen atoms in total. The van der Waals surface area contributed by atoms with E-state index in [0.717, 1.165) is 19.6 Å². The standard InChI is InChI=1S/C9H18N2O/c1-11-6-9(7-11)12-8-3-2-4-10-5-8/h8-10H,2-7H2,1H3. The Labute approximate surface area is 74.1 Å². The van der Waals surface area contributed by atoms with Crippen molar-refractivity contribution >= 4 is 0 Å². The van der Waals surface area contributed by atoms with E-state index in [1.807, 2.05) is 0 Å². The molecule has 2 heterocycles. The van der Waals surface area contributed by atoms with Crippen molar-refractivity contribution < 1.29 is 4.74 Å². The van der Waals surface area contributed by atoms with Gasteiger partial charge in [-0.3, -0.25) is 0 Å². The summed E-state index contributed by atoms with van der Waals surface area (Å²) >= 11 is 0. The molecule has 2 rings (SSSR count). The number of hydrogen-bond donors (Lipinski definition) is 1. The lowest BCUT2D eigenvalue weighted by Crippen LogP contribution is -2.52. The fourth-order valence-corrected chi connectivity index (χ4v) is 1.94. The molecule has 2 saturated heterocycles. The molecule has 0 bridgehead atoms. The van der Waals surface area contributed by atoms with Crippen molar-refractivity contribution in [2.75, 3.05) is 33.2 Å². The van der Waals surface area contributed by atoms with Crippen LogP contribution in [-0.4, -0.2) is 50.3 Å². The lowest BCUT2D eigenvalue weighted by Gasteiger charge is -2.39. The summed E-state index contributed by atoms with van der Waals surface area (Å²) in [6.07, 6.45) is 3.51. The van der Waals surface area contributed by atoms with Crippen LogP contribution in [-0.2, 0) is 4.74 Å². The van der Waals surface area contributed by atoms with Gasteiger partial charge in [0.2, 0.25) is 0 Å². The van der Waals surface area contributed by atoms with E-state index in [1.165, 1.54) is 19.4 Å². The Morgan fingerprint density at radius 1 is 1.33 bits per heavy atom. The quantitative estimate of drug-likeness (QED) is 0.634. The lowest BCUT2D eigenvalue weighted by molar-refractivity contribution is -0.0891. The Kier molecular flexibility index (Phi) is 2.63. The number of hydrogen-bond acceptors (Lipinski definition) is 3. The van der Waals surface area contributed by atoms with E-state index < -0.39 is 0 Å². The zero-order valence-corrected chi connectivity index (χ0v) is 7.75. The maximum absolute atomic E-state index is 5.89. The minimum Gasteiger partial charge on any atom is -0.371 e. The van der Waals surface area contributed by atoms with Crippen LogP contribution in [0.15, 0.2) is 0 Å². The van der Waals surface area contributed by atoms with Gasteiger partial charge in [-0.2, -0.15) is 0 Å². The monoisotopic (exact) mass is 170 g/mol. The minimum absolute atomic E-state index is 0.484.